The average molecular weight is 390 g/mol. The minimum atomic E-state index is -0.396. The number of carbonyl (C=O) groups is 1. The largest absolute Gasteiger partial charge is 0.381 e. The van der Waals surface area contributed by atoms with Gasteiger partial charge in [0.2, 0.25) is 0 Å². The van der Waals surface area contributed by atoms with E-state index in [0.29, 0.717) is 24.0 Å². The van der Waals surface area contributed by atoms with E-state index in [2.05, 4.69) is 19.2 Å². The highest BCUT2D eigenvalue weighted by molar-refractivity contribution is 5.92. The van der Waals surface area contributed by atoms with Gasteiger partial charge in [0.25, 0.3) is 0 Å². The van der Waals surface area contributed by atoms with Gasteiger partial charge in [-0.1, -0.05) is 18.1 Å². The lowest BCUT2D eigenvalue weighted by molar-refractivity contribution is -0.161. The van der Waals surface area contributed by atoms with Crippen LogP contribution >= 0.6 is 0 Å². The molecule has 0 radical (unpaired) electrons. The van der Waals surface area contributed by atoms with E-state index in [1.165, 1.54) is 11.1 Å². The standard InChI is InChI=1S/C23H35NO4/c1-6-24-21-22-11-16(26-3)13-9-15(19(22)20(13)28-5)23(21)14(10-17(22)25)12(2)7-8-18(23)27-4/h13,15-16,18-21,24H,6-11H2,1-5H3/t13-,15-,16+,18+,19-,20+,21+,22-,23+/m1/s1. The lowest BCUT2D eigenvalue weighted by Crippen LogP contribution is -2.67. The molecule has 0 aromatic heterocycles. The topological polar surface area (TPSA) is 56.8 Å². The smallest absolute Gasteiger partial charge is 0.145 e. The van der Waals surface area contributed by atoms with Crippen molar-refractivity contribution in [1.29, 1.82) is 0 Å². The summed E-state index contributed by atoms with van der Waals surface area (Å²) >= 11 is 0. The highest BCUT2D eigenvalue weighted by Gasteiger charge is 2.82. The first-order valence-electron chi connectivity index (χ1n) is 11.1. The van der Waals surface area contributed by atoms with Gasteiger partial charge in [0.05, 0.1) is 23.7 Å². The first-order chi connectivity index (χ1) is 13.5. The van der Waals surface area contributed by atoms with Crippen LogP contribution in [0.25, 0.3) is 0 Å². The van der Waals surface area contributed by atoms with Crippen LogP contribution in [-0.4, -0.2) is 58.0 Å². The molecule has 4 saturated carbocycles. The van der Waals surface area contributed by atoms with Crippen LogP contribution in [0.4, 0.5) is 0 Å². The number of ketones is 1. The third kappa shape index (κ3) is 1.91. The Hall–Kier alpha value is -0.750. The third-order valence-corrected chi connectivity index (χ3v) is 9.43. The van der Waals surface area contributed by atoms with Gasteiger partial charge in [-0.2, -0.15) is 0 Å². The van der Waals surface area contributed by atoms with Crippen LogP contribution in [0.5, 0.6) is 0 Å². The SMILES string of the molecule is CCN[C@H]1[C@@]23C[C@H](OC)[C@H]4C[C@H]([C@@H]2[C@H]4OC)[C@]12C(=C(C)CC[C@@H]2OC)CC3=O. The summed E-state index contributed by atoms with van der Waals surface area (Å²) in [6.45, 7) is 5.28. The van der Waals surface area contributed by atoms with Gasteiger partial charge >= 0.3 is 0 Å². The van der Waals surface area contributed by atoms with Gasteiger partial charge in [-0.05, 0) is 45.1 Å². The van der Waals surface area contributed by atoms with Gasteiger partial charge in [-0.25, -0.2) is 0 Å². The molecule has 5 rings (SSSR count). The Morgan fingerprint density at radius 3 is 2.61 bits per heavy atom. The second-order valence-electron chi connectivity index (χ2n) is 9.80. The highest BCUT2D eigenvalue weighted by Crippen LogP contribution is 2.77. The summed E-state index contributed by atoms with van der Waals surface area (Å²) < 4.78 is 18.3. The monoisotopic (exact) mass is 389 g/mol. The molecular formula is C23H35NO4. The number of nitrogens with one attached hydrogen (secondary N) is 1. The van der Waals surface area contributed by atoms with E-state index in [1.54, 1.807) is 7.11 Å². The molecule has 0 unspecified atom stereocenters. The predicted molar refractivity (Wildman–Crippen MR) is 106 cm³/mol. The molecule has 0 aliphatic heterocycles. The van der Waals surface area contributed by atoms with Crippen LogP contribution in [0.2, 0.25) is 0 Å². The molecule has 0 aromatic rings. The Morgan fingerprint density at radius 2 is 1.96 bits per heavy atom. The Balaban J connectivity index is 1.79. The van der Waals surface area contributed by atoms with Crippen molar-refractivity contribution in [1.82, 2.24) is 5.32 Å². The molecule has 5 aliphatic carbocycles. The second kappa shape index (κ2) is 6.37. The molecule has 0 aromatic carbocycles. The van der Waals surface area contributed by atoms with E-state index in [1.807, 2.05) is 14.2 Å². The first-order valence-corrected chi connectivity index (χ1v) is 11.1. The maximum Gasteiger partial charge on any atom is 0.145 e. The molecule has 5 nitrogen and oxygen atoms in total. The highest BCUT2D eigenvalue weighted by atomic mass is 16.5. The minimum Gasteiger partial charge on any atom is -0.381 e. The Kier molecular flexibility index (Phi) is 4.38. The third-order valence-electron chi connectivity index (χ3n) is 9.43. The molecule has 0 saturated heterocycles. The van der Waals surface area contributed by atoms with Crippen LogP contribution in [-0.2, 0) is 19.0 Å². The first kappa shape index (κ1) is 19.2. The molecule has 2 spiro atoms. The van der Waals surface area contributed by atoms with E-state index in [4.69, 9.17) is 14.2 Å². The van der Waals surface area contributed by atoms with Gasteiger partial charge in [0, 0.05) is 51.0 Å². The van der Waals surface area contributed by atoms with Crippen molar-refractivity contribution in [3.05, 3.63) is 11.1 Å². The van der Waals surface area contributed by atoms with Gasteiger partial charge < -0.3 is 19.5 Å². The number of rotatable bonds is 5. The molecular weight excluding hydrogens is 354 g/mol. The molecule has 1 N–H and O–H groups in total. The van der Waals surface area contributed by atoms with E-state index < -0.39 is 5.41 Å². The quantitative estimate of drug-likeness (QED) is 0.733. The molecule has 28 heavy (non-hydrogen) atoms. The van der Waals surface area contributed by atoms with Crippen molar-refractivity contribution >= 4 is 5.78 Å². The lowest BCUT2D eigenvalue weighted by atomic mass is 9.50. The summed E-state index contributed by atoms with van der Waals surface area (Å²) in [4.78, 5) is 13.9. The van der Waals surface area contributed by atoms with Crippen molar-refractivity contribution in [2.75, 3.05) is 27.9 Å². The van der Waals surface area contributed by atoms with Crippen molar-refractivity contribution in [3.8, 4) is 0 Å². The number of Topliss-reactive ketones (excluding diaryl/α,β-unsaturated/α-hetero) is 1. The summed E-state index contributed by atoms with van der Waals surface area (Å²) in [5.74, 6) is 1.49. The molecule has 9 atom stereocenters. The number of hydrogen-bond donors (Lipinski definition) is 1. The Bertz CT molecular complexity index is 719. The van der Waals surface area contributed by atoms with E-state index in [9.17, 15) is 4.79 Å². The maximum atomic E-state index is 13.9. The second-order valence-corrected chi connectivity index (χ2v) is 9.80. The van der Waals surface area contributed by atoms with Crippen molar-refractivity contribution < 1.29 is 19.0 Å². The predicted octanol–water partition coefficient (Wildman–Crippen LogP) is 2.74. The zero-order valence-corrected chi connectivity index (χ0v) is 17.9. The summed E-state index contributed by atoms with van der Waals surface area (Å²) in [7, 11) is 5.50. The van der Waals surface area contributed by atoms with Crippen LogP contribution in [0, 0.1) is 28.6 Å². The van der Waals surface area contributed by atoms with E-state index in [-0.39, 0.29) is 35.7 Å². The van der Waals surface area contributed by atoms with Crippen LogP contribution < -0.4 is 5.32 Å². The summed E-state index contributed by atoms with van der Waals surface area (Å²) in [5, 5.41) is 3.84. The van der Waals surface area contributed by atoms with Gasteiger partial charge in [-0.3, -0.25) is 4.79 Å². The summed E-state index contributed by atoms with van der Waals surface area (Å²) in [6.07, 6.45) is 4.98. The summed E-state index contributed by atoms with van der Waals surface area (Å²) in [6, 6.07) is 0.119. The molecule has 5 aliphatic rings. The molecule has 0 heterocycles. The van der Waals surface area contributed by atoms with Crippen molar-refractivity contribution in [2.45, 2.75) is 70.3 Å². The Labute approximate surface area is 168 Å². The number of carbonyl (C=O) groups excluding carboxylic acids is 1. The fourth-order valence-electron chi connectivity index (χ4n) is 8.81. The fraction of sp³-hybridized carbons (Fsp3) is 0.870. The van der Waals surface area contributed by atoms with Crippen LogP contribution in [0.15, 0.2) is 11.1 Å². The Morgan fingerprint density at radius 1 is 1.18 bits per heavy atom. The average Bonchev–Trinajstić information content (AvgIpc) is 3.09. The number of allylic oxidation sites excluding steroid dienone is 1. The van der Waals surface area contributed by atoms with E-state index >= 15 is 0 Å². The minimum absolute atomic E-state index is 0.0735. The van der Waals surface area contributed by atoms with Crippen LogP contribution in [0.3, 0.4) is 0 Å². The molecule has 156 valence electrons. The van der Waals surface area contributed by atoms with Crippen LogP contribution in [0.1, 0.15) is 46.0 Å². The van der Waals surface area contributed by atoms with Gasteiger partial charge in [-0.15, -0.1) is 0 Å². The molecule has 4 bridgehead atoms. The van der Waals surface area contributed by atoms with Crippen molar-refractivity contribution in [3.63, 3.8) is 0 Å². The number of ether oxygens (including phenoxy) is 3. The van der Waals surface area contributed by atoms with Crippen molar-refractivity contribution in [2.24, 2.45) is 28.6 Å². The molecule has 4 fully saturated rings. The zero-order chi connectivity index (χ0) is 19.8. The maximum absolute atomic E-state index is 13.9. The number of hydrogen-bond acceptors (Lipinski definition) is 5. The normalized spacial score (nSPS) is 51.6. The molecule has 0 amide bonds. The number of methoxy groups -OCH3 is 3. The van der Waals surface area contributed by atoms with E-state index in [0.717, 1.165) is 32.2 Å². The van der Waals surface area contributed by atoms with Gasteiger partial charge in [0.15, 0.2) is 0 Å². The number of fused-ring (bicyclic) bond motifs is 1. The van der Waals surface area contributed by atoms with Gasteiger partial charge in [0.1, 0.15) is 5.78 Å². The summed E-state index contributed by atoms with van der Waals surface area (Å²) in [5.41, 5.74) is 2.36. The zero-order valence-electron chi connectivity index (χ0n) is 17.9. The molecule has 5 heteroatoms. The fourth-order valence-corrected chi connectivity index (χ4v) is 8.81. The lowest BCUT2D eigenvalue weighted by Gasteiger charge is -2.58.